The van der Waals surface area contributed by atoms with Crippen LogP contribution < -0.4 is 17.1 Å². The van der Waals surface area contributed by atoms with Crippen LogP contribution in [-0.4, -0.2) is 29.0 Å². The molecule has 1 aromatic heterocycles. The summed E-state index contributed by atoms with van der Waals surface area (Å²) in [6.07, 6.45) is 0. The lowest BCUT2D eigenvalue weighted by atomic mass is 9.78. The second-order valence-corrected chi connectivity index (χ2v) is 22.6. The van der Waals surface area contributed by atoms with Gasteiger partial charge in [0.1, 0.15) is 17.2 Å². The molecule has 4 aromatic rings. The van der Waals surface area contributed by atoms with Gasteiger partial charge >= 0.3 is 17.1 Å². The number of aromatic hydroxyl groups is 3. The van der Waals surface area contributed by atoms with Crippen molar-refractivity contribution >= 4 is 0 Å². The summed E-state index contributed by atoms with van der Waals surface area (Å²) >= 11 is 0. The summed E-state index contributed by atoms with van der Waals surface area (Å²) in [4.78, 5) is 44.6. The van der Waals surface area contributed by atoms with Crippen LogP contribution in [0.3, 0.4) is 0 Å². The van der Waals surface area contributed by atoms with Crippen LogP contribution in [0.15, 0.2) is 50.8 Å². The minimum Gasteiger partial charge on any atom is -0.507 e. The zero-order valence-corrected chi connectivity index (χ0v) is 38.9. The highest BCUT2D eigenvalue weighted by Gasteiger charge is 2.32. The third-order valence-electron chi connectivity index (χ3n) is 11.2. The molecule has 0 aliphatic carbocycles. The summed E-state index contributed by atoms with van der Waals surface area (Å²) in [5.41, 5.74) is 0.995. The molecule has 0 aliphatic rings. The van der Waals surface area contributed by atoms with Crippen molar-refractivity contribution in [2.45, 2.75) is 183 Å². The van der Waals surface area contributed by atoms with E-state index < -0.39 is 55.6 Å². The molecule has 0 saturated carbocycles. The molecule has 0 bridgehead atoms. The first kappa shape index (κ1) is 46.2. The standard InChI is InChI=1S/C49H71N3O6/c1-28(31-24-36(48(14,15)16)40(55)37(25-31)49(17,18)19)52-42(57)50(26-29-20-32(44(2,3)4)38(53)33(21-29)45(5,6)7)41(56)51(43(52)58)27-30-22-34(46(8,9)10)39(54)35(23-30)47(11,12)13/h20-25,28,53-55H,26-27H2,1-19H3. The molecular formula is C49H71N3O6. The van der Waals surface area contributed by atoms with Gasteiger partial charge in [0.2, 0.25) is 0 Å². The Balaban J connectivity index is 2.16. The highest BCUT2D eigenvalue weighted by atomic mass is 16.3. The van der Waals surface area contributed by atoms with Gasteiger partial charge in [0.15, 0.2) is 0 Å². The third-order valence-corrected chi connectivity index (χ3v) is 11.2. The highest BCUT2D eigenvalue weighted by Crippen LogP contribution is 2.43. The minimum absolute atomic E-state index is 0.150. The summed E-state index contributed by atoms with van der Waals surface area (Å²) in [5, 5.41) is 34.5. The Morgan fingerprint density at radius 3 is 0.862 bits per heavy atom. The van der Waals surface area contributed by atoms with Crippen molar-refractivity contribution in [3.8, 4) is 17.2 Å². The lowest BCUT2D eigenvalue weighted by Crippen LogP contribution is -2.55. The van der Waals surface area contributed by atoms with E-state index in [-0.39, 0.29) is 30.3 Å². The van der Waals surface area contributed by atoms with Crippen molar-refractivity contribution in [2.24, 2.45) is 0 Å². The van der Waals surface area contributed by atoms with E-state index in [4.69, 9.17) is 0 Å². The predicted molar refractivity (Wildman–Crippen MR) is 238 cm³/mol. The molecular weight excluding hydrogens is 727 g/mol. The fourth-order valence-corrected chi connectivity index (χ4v) is 7.67. The second-order valence-electron chi connectivity index (χ2n) is 22.6. The number of phenols is 3. The van der Waals surface area contributed by atoms with Crippen LogP contribution >= 0.6 is 0 Å². The van der Waals surface area contributed by atoms with Gasteiger partial charge in [-0.15, -0.1) is 0 Å². The number of rotatable bonds is 6. The molecule has 0 saturated heterocycles. The van der Waals surface area contributed by atoms with Gasteiger partial charge in [-0.05, 0) is 126 Å². The molecule has 0 amide bonds. The Morgan fingerprint density at radius 1 is 0.414 bits per heavy atom. The molecule has 1 unspecified atom stereocenters. The number of phenolic OH excluding ortho intramolecular Hbond substituents is 3. The largest absolute Gasteiger partial charge is 0.507 e. The van der Waals surface area contributed by atoms with Gasteiger partial charge in [-0.2, -0.15) is 0 Å². The minimum atomic E-state index is -0.842. The van der Waals surface area contributed by atoms with E-state index in [0.717, 1.165) is 13.7 Å². The number of benzene rings is 3. The van der Waals surface area contributed by atoms with Crippen molar-refractivity contribution < 1.29 is 15.3 Å². The maximum Gasteiger partial charge on any atom is 0.337 e. The molecule has 1 atom stereocenters. The topological polar surface area (TPSA) is 127 Å². The Hall–Kier alpha value is -4.53. The Labute approximate surface area is 346 Å². The predicted octanol–water partition coefficient (Wildman–Crippen LogP) is 9.78. The van der Waals surface area contributed by atoms with Gasteiger partial charge in [-0.3, -0.25) is 0 Å². The highest BCUT2D eigenvalue weighted by molar-refractivity contribution is 5.52. The fourth-order valence-electron chi connectivity index (χ4n) is 7.67. The summed E-state index contributed by atoms with van der Waals surface area (Å²) in [7, 11) is 0. The summed E-state index contributed by atoms with van der Waals surface area (Å²) < 4.78 is 3.39. The van der Waals surface area contributed by atoms with Gasteiger partial charge in [-0.1, -0.05) is 125 Å². The van der Waals surface area contributed by atoms with Crippen LogP contribution in [0.5, 0.6) is 17.2 Å². The number of aromatic nitrogens is 3. The van der Waals surface area contributed by atoms with Gasteiger partial charge in [-0.25, -0.2) is 28.1 Å². The van der Waals surface area contributed by atoms with Gasteiger partial charge in [0, 0.05) is 0 Å². The Bertz CT molecular complexity index is 2170. The van der Waals surface area contributed by atoms with E-state index in [1.807, 2.05) is 161 Å². The average molecular weight is 798 g/mol. The molecule has 9 heteroatoms. The fraction of sp³-hybridized carbons (Fsp3) is 0.571. The van der Waals surface area contributed by atoms with Crippen molar-refractivity contribution in [1.29, 1.82) is 0 Å². The molecule has 318 valence electrons. The number of nitrogens with zero attached hydrogens (tertiary/aromatic N) is 3. The lowest BCUT2D eigenvalue weighted by molar-refractivity contribution is 0.418. The van der Waals surface area contributed by atoms with E-state index in [9.17, 15) is 29.7 Å². The molecule has 0 radical (unpaired) electrons. The van der Waals surface area contributed by atoms with Crippen molar-refractivity contribution in [3.63, 3.8) is 0 Å². The van der Waals surface area contributed by atoms with Crippen LogP contribution in [-0.2, 0) is 45.6 Å². The van der Waals surface area contributed by atoms with Crippen molar-refractivity contribution in [3.05, 3.63) is 118 Å². The summed E-state index contributed by atoms with van der Waals surface area (Å²) in [6, 6.07) is 10.2. The second kappa shape index (κ2) is 14.9. The zero-order valence-electron chi connectivity index (χ0n) is 38.9. The average Bonchev–Trinajstić information content (AvgIpc) is 3.03. The number of hydrogen-bond acceptors (Lipinski definition) is 6. The monoisotopic (exact) mass is 798 g/mol. The Morgan fingerprint density at radius 2 is 0.638 bits per heavy atom. The first-order valence-corrected chi connectivity index (χ1v) is 20.6. The van der Waals surface area contributed by atoms with E-state index in [0.29, 0.717) is 50.1 Å². The molecule has 1 heterocycles. The smallest absolute Gasteiger partial charge is 0.337 e. The van der Waals surface area contributed by atoms with Gasteiger partial charge < -0.3 is 15.3 Å². The van der Waals surface area contributed by atoms with E-state index in [1.165, 1.54) is 0 Å². The molecule has 58 heavy (non-hydrogen) atoms. The van der Waals surface area contributed by atoms with Crippen LogP contribution in [0, 0.1) is 0 Å². The Kier molecular flexibility index (Phi) is 11.9. The third kappa shape index (κ3) is 9.19. The maximum absolute atomic E-state index is 14.9. The molecule has 3 aromatic carbocycles. The number of hydrogen-bond donors (Lipinski definition) is 3. The van der Waals surface area contributed by atoms with E-state index >= 15 is 0 Å². The lowest BCUT2D eigenvalue weighted by Gasteiger charge is -2.30. The molecule has 0 aliphatic heterocycles. The SMILES string of the molecule is CC(c1cc(C(C)(C)C)c(O)c(C(C)(C)C)c1)n1c(=O)n(Cc2cc(C(C)(C)C)c(O)c(C(C)(C)C)c2)c(=O)n(Cc2cc(C(C)(C)C)c(O)c(C(C)(C)C)c2)c1=O. The maximum atomic E-state index is 14.9. The van der Waals surface area contributed by atoms with Crippen molar-refractivity contribution in [2.75, 3.05) is 0 Å². The zero-order chi connectivity index (χ0) is 44.6. The quantitative estimate of drug-likeness (QED) is 0.178. The molecule has 3 N–H and O–H groups in total. The van der Waals surface area contributed by atoms with E-state index in [1.54, 1.807) is 6.92 Å². The van der Waals surface area contributed by atoms with Crippen LogP contribution in [0.1, 0.15) is 188 Å². The molecule has 9 nitrogen and oxygen atoms in total. The summed E-state index contributed by atoms with van der Waals surface area (Å²) in [6.45, 7) is 37.6. The van der Waals surface area contributed by atoms with Crippen LogP contribution in [0.4, 0.5) is 0 Å². The molecule has 0 fully saturated rings. The van der Waals surface area contributed by atoms with Crippen LogP contribution in [0.25, 0.3) is 0 Å². The molecule has 4 rings (SSSR count). The van der Waals surface area contributed by atoms with Gasteiger partial charge in [0.25, 0.3) is 0 Å². The van der Waals surface area contributed by atoms with E-state index in [2.05, 4.69) is 0 Å². The first-order valence-electron chi connectivity index (χ1n) is 20.6. The van der Waals surface area contributed by atoms with Gasteiger partial charge in [0.05, 0.1) is 19.1 Å². The van der Waals surface area contributed by atoms with Crippen molar-refractivity contribution in [1.82, 2.24) is 13.7 Å². The molecule has 0 spiro atoms. The first-order chi connectivity index (χ1) is 26.0. The summed E-state index contributed by atoms with van der Waals surface area (Å²) in [5.74, 6) is 0.541. The normalized spacial score (nSPS) is 13.9. The van der Waals surface area contributed by atoms with Crippen LogP contribution in [0.2, 0.25) is 0 Å².